The molecule has 1 aliphatic heterocycles. The molecule has 3 fully saturated rings. The zero-order chi connectivity index (χ0) is 47.6. The van der Waals surface area contributed by atoms with Gasteiger partial charge in [-0.25, -0.2) is 22.8 Å². The van der Waals surface area contributed by atoms with E-state index in [1.807, 2.05) is 26.2 Å². The fourth-order valence-electron chi connectivity index (χ4n) is 8.30. The average molecular weight is 943 g/mol. The number of methoxy groups -OCH3 is 1. The number of aromatic nitrogens is 2. The van der Waals surface area contributed by atoms with E-state index >= 15 is 4.79 Å². The number of alkyl halides is 3. The number of rotatable bonds is 13. The number of carbonyl (C=O) groups excluding carboxylic acids is 3. The summed E-state index contributed by atoms with van der Waals surface area (Å²) in [6, 6.07) is 5.05. The summed E-state index contributed by atoms with van der Waals surface area (Å²) in [6.07, 6.45) is -4.97. The van der Waals surface area contributed by atoms with Crippen LogP contribution >= 0.6 is 11.3 Å². The molecule has 2 aliphatic carbocycles. The van der Waals surface area contributed by atoms with Crippen molar-refractivity contribution in [3.8, 4) is 22.2 Å². The van der Waals surface area contributed by atoms with Crippen molar-refractivity contribution in [3.63, 3.8) is 0 Å². The summed E-state index contributed by atoms with van der Waals surface area (Å²) in [5.74, 6) is -2.76. The highest BCUT2D eigenvalue weighted by Crippen LogP contribution is 2.44. The maximum absolute atomic E-state index is 15.0. The van der Waals surface area contributed by atoms with Gasteiger partial charge in [0.1, 0.15) is 51.7 Å². The first-order chi connectivity index (χ1) is 30.3. The molecule has 2 aromatic carbocycles. The van der Waals surface area contributed by atoms with Crippen LogP contribution in [0.3, 0.4) is 0 Å². The Kier molecular flexibility index (Phi) is 12.6. The number of hydrogen-bond acceptors (Lipinski definition) is 11. The molecule has 4 aromatic rings. The van der Waals surface area contributed by atoms with Crippen molar-refractivity contribution in [1.82, 2.24) is 24.9 Å². The van der Waals surface area contributed by atoms with E-state index in [-0.39, 0.29) is 37.4 Å². The first-order valence-corrected chi connectivity index (χ1v) is 23.7. The lowest BCUT2D eigenvalue weighted by atomic mass is 9.85. The molecule has 13 nitrogen and oxygen atoms in total. The highest BCUT2D eigenvalue weighted by atomic mass is 32.2. The molecular weight excluding hydrogens is 889 g/mol. The molecule has 0 spiro atoms. The zero-order valence-electron chi connectivity index (χ0n) is 37.5. The summed E-state index contributed by atoms with van der Waals surface area (Å²) in [7, 11) is -2.56. The average Bonchev–Trinajstić information content (AvgIpc) is 3.53. The van der Waals surface area contributed by atoms with E-state index in [0.717, 1.165) is 17.3 Å². The van der Waals surface area contributed by atoms with Crippen LogP contribution in [0.5, 0.6) is 11.5 Å². The van der Waals surface area contributed by atoms with Crippen molar-refractivity contribution in [1.29, 1.82) is 0 Å². The van der Waals surface area contributed by atoms with Crippen LogP contribution in [0.4, 0.5) is 23.2 Å². The number of carbonyl (C=O) groups is 3. The number of likely N-dealkylation sites (tertiary alicyclic amines) is 1. The van der Waals surface area contributed by atoms with Crippen LogP contribution in [0.2, 0.25) is 0 Å². The molecule has 3 aliphatic rings. The molecule has 1 saturated heterocycles. The number of fused-ring (bicyclic) bond motifs is 1. The lowest BCUT2D eigenvalue weighted by Gasteiger charge is -2.37. The van der Waals surface area contributed by atoms with Crippen LogP contribution in [-0.4, -0.2) is 83.1 Å². The van der Waals surface area contributed by atoms with Gasteiger partial charge in [0.25, 0.3) is 5.91 Å². The van der Waals surface area contributed by atoms with Crippen LogP contribution in [0.25, 0.3) is 21.6 Å². The number of anilines is 1. The quantitative estimate of drug-likeness (QED) is 0.0874. The number of nitrogens with one attached hydrogen (secondary N) is 3. The van der Waals surface area contributed by atoms with Crippen LogP contribution in [-0.2, 0) is 30.6 Å². The zero-order valence-corrected chi connectivity index (χ0v) is 39.2. The van der Waals surface area contributed by atoms with E-state index in [1.165, 1.54) is 23.2 Å². The Balaban J connectivity index is 1.28. The Morgan fingerprint density at radius 3 is 2.32 bits per heavy atom. The lowest BCUT2D eigenvalue weighted by molar-refractivity contribution is -0.142. The summed E-state index contributed by atoms with van der Waals surface area (Å²) in [4.78, 5) is 54.9. The van der Waals surface area contributed by atoms with Crippen molar-refractivity contribution < 1.29 is 49.8 Å². The molecule has 2 saturated carbocycles. The van der Waals surface area contributed by atoms with Crippen LogP contribution in [0.1, 0.15) is 103 Å². The Morgan fingerprint density at radius 2 is 1.74 bits per heavy atom. The van der Waals surface area contributed by atoms with Gasteiger partial charge in [-0.1, -0.05) is 46.8 Å². The number of thiazole rings is 1. The van der Waals surface area contributed by atoms with Gasteiger partial charge in [0, 0.05) is 40.9 Å². The molecule has 3 heterocycles. The molecule has 19 heteroatoms. The number of sulfonamides is 1. The summed E-state index contributed by atoms with van der Waals surface area (Å²) in [5, 5.41) is 8.92. The predicted octanol–water partition coefficient (Wildman–Crippen LogP) is 8.43. The minimum absolute atomic E-state index is 0.0401. The molecule has 350 valence electrons. The van der Waals surface area contributed by atoms with E-state index in [2.05, 4.69) is 21.9 Å². The predicted molar refractivity (Wildman–Crippen MR) is 240 cm³/mol. The second-order valence-electron chi connectivity index (χ2n) is 19.0. The molecule has 0 unspecified atom stereocenters. The normalized spacial score (nSPS) is 21.4. The second kappa shape index (κ2) is 17.2. The van der Waals surface area contributed by atoms with Crippen molar-refractivity contribution in [2.24, 2.45) is 5.41 Å². The highest BCUT2D eigenvalue weighted by molar-refractivity contribution is 7.91. The van der Waals surface area contributed by atoms with Crippen LogP contribution in [0, 0.1) is 18.2 Å². The van der Waals surface area contributed by atoms with Crippen molar-refractivity contribution in [2.45, 2.75) is 128 Å². The fourth-order valence-corrected chi connectivity index (χ4v) is 10.6. The van der Waals surface area contributed by atoms with Gasteiger partial charge in [0.2, 0.25) is 21.8 Å². The molecule has 3 amide bonds. The van der Waals surface area contributed by atoms with Crippen molar-refractivity contribution >= 4 is 55.7 Å². The van der Waals surface area contributed by atoms with Gasteiger partial charge in [0.15, 0.2) is 0 Å². The molecule has 0 bridgehead atoms. The van der Waals surface area contributed by atoms with Crippen LogP contribution in [0.15, 0.2) is 53.9 Å². The summed E-state index contributed by atoms with van der Waals surface area (Å²) < 4.78 is 95.9. The number of pyridine rings is 1. The molecule has 7 rings (SSSR count). The standard InChI is InChI=1S/C46H54F4N6O7S2/c1-24(2)33-23-64-40(53-33)32-20-36(29-11-13-35(62-9)26(4)37(29)52-32)63-28-19-34(39(57)54-45(15-14-25(3)21-45)42(59)55-65(60,61)44(8)16-17-44)56(22-28)41(58)38(43(5,6)7)51-27-10-12-31(47)30(18-27)46(48,49)50/h10-13,18,20,23-24,28,34,38,51H,3,14-17,19,21-22H2,1-2,4-9H3,(H,54,57)(H,55,59)/t28-,34+,38-,45-/m1/s1. The van der Waals surface area contributed by atoms with Gasteiger partial charge in [-0.15, -0.1) is 11.3 Å². The third-order valence-electron chi connectivity index (χ3n) is 12.6. The smallest absolute Gasteiger partial charge is 0.419 e. The Labute approximate surface area is 379 Å². The fraction of sp³-hybridized carbons (Fsp3) is 0.500. The van der Waals surface area contributed by atoms with Crippen molar-refractivity contribution in [3.05, 3.63) is 76.6 Å². The summed E-state index contributed by atoms with van der Waals surface area (Å²) in [5.41, 5.74) is -1.14. The number of halogens is 4. The van der Waals surface area contributed by atoms with Gasteiger partial charge in [-0.3, -0.25) is 19.1 Å². The van der Waals surface area contributed by atoms with Crippen LogP contribution < -0.4 is 24.8 Å². The Morgan fingerprint density at radius 1 is 1.03 bits per heavy atom. The molecule has 2 aromatic heterocycles. The third-order valence-corrected chi connectivity index (χ3v) is 15.7. The molecule has 3 N–H and O–H groups in total. The maximum atomic E-state index is 15.0. The van der Waals surface area contributed by atoms with Gasteiger partial charge < -0.3 is 25.0 Å². The van der Waals surface area contributed by atoms with Crippen molar-refractivity contribution in [2.75, 3.05) is 19.0 Å². The highest BCUT2D eigenvalue weighted by Gasteiger charge is 2.55. The minimum atomic E-state index is -5.02. The molecule has 4 atom stereocenters. The molecular formula is C46H54F4N6O7S2. The van der Waals surface area contributed by atoms with Gasteiger partial charge in [0.05, 0.1) is 35.2 Å². The summed E-state index contributed by atoms with van der Waals surface area (Å²) in [6.45, 7) is 16.3. The first kappa shape index (κ1) is 47.7. The van der Waals surface area contributed by atoms with Gasteiger partial charge in [-0.05, 0) is 81.2 Å². The number of ether oxygens (including phenoxy) is 2. The number of aryl methyl sites for hydroxylation is 1. The van der Waals surface area contributed by atoms with Gasteiger partial charge >= 0.3 is 6.18 Å². The number of nitrogens with zero attached hydrogens (tertiary/aromatic N) is 3. The second-order valence-corrected chi connectivity index (χ2v) is 22.1. The van der Waals surface area contributed by atoms with E-state index in [4.69, 9.17) is 19.4 Å². The van der Waals surface area contributed by atoms with E-state index < -0.39 is 79.2 Å². The monoisotopic (exact) mass is 942 g/mol. The molecule has 65 heavy (non-hydrogen) atoms. The summed E-state index contributed by atoms with van der Waals surface area (Å²) >= 11 is 1.42. The number of benzene rings is 2. The molecule has 0 radical (unpaired) electrons. The topological polar surface area (TPSA) is 169 Å². The maximum Gasteiger partial charge on any atom is 0.419 e. The lowest BCUT2D eigenvalue weighted by Crippen LogP contribution is -2.62. The third kappa shape index (κ3) is 9.53. The number of hydrogen-bond donors (Lipinski definition) is 3. The Bertz CT molecular complexity index is 2680. The number of amides is 3. The van der Waals surface area contributed by atoms with E-state index in [9.17, 15) is 35.6 Å². The van der Waals surface area contributed by atoms with E-state index in [1.54, 1.807) is 46.1 Å². The van der Waals surface area contributed by atoms with E-state index in [0.29, 0.717) is 70.1 Å². The minimum Gasteiger partial charge on any atom is -0.496 e. The largest absolute Gasteiger partial charge is 0.496 e. The Hall–Kier alpha value is -5.30. The SMILES string of the molecule is C=C1CC[C@](NC(=O)[C@@H]2C[C@@H](Oc3cc(-c4nc(C(C)C)cs4)nc4c(C)c(OC)ccc34)CN2C(=O)[C@@H](Nc2ccc(F)c(C(F)(F)F)c2)C(C)(C)C)(C(=O)NS(=O)(=O)C2(C)CC2)C1. The van der Waals surface area contributed by atoms with Gasteiger partial charge in [-0.2, -0.15) is 13.2 Å². The first-order valence-electron chi connectivity index (χ1n) is 21.4.